The normalized spacial score (nSPS) is 10.5. The topological polar surface area (TPSA) is 19.4 Å². The van der Waals surface area contributed by atoms with Gasteiger partial charge in [0.05, 0.1) is 0 Å². The first-order valence-corrected chi connectivity index (χ1v) is 4.46. The van der Waals surface area contributed by atoms with Crippen molar-refractivity contribution in [1.29, 1.82) is 0 Å². The third-order valence-corrected chi connectivity index (χ3v) is 1.99. The fraction of sp³-hybridized carbons (Fsp3) is 0.500. The number of pyridine rings is 1. The third-order valence-electron chi connectivity index (χ3n) is 1.99. The molecule has 0 fully saturated rings. The summed E-state index contributed by atoms with van der Waals surface area (Å²) in [6, 6.07) is 4.05. The molecule has 0 aliphatic rings. The number of likely N-dealkylation sites (N-methyl/N-ethyl adjacent to an activating group) is 2. The van der Waals surface area contributed by atoms with E-state index in [4.69, 9.17) is 0 Å². The Morgan fingerprint density at radius 1 is 1.08 bits per heavy atom. The number of nitrogens with zero attached hydrogens (tertiary/aromatic N) is 3. The van der Waals surface area contributed by atoms with E-state index in [1.54, 1.807) is 0 Å². The van der Waals surface area contributed by atoms with E-state index in [1.165, 1.54) is 5.69 Å². The molecule has 0 amide bonds. The first-order chi connectivity index (χ1) is 6.20. The van der Waals surface area contributed by atoms with Crippen LogP contribution >= 0.6 is 0 Å². The molecule has 1 rings (SSSR count). The lowest BCUT2D eigenvalue weighted by Crippen LogP contribution is -2.28. The first kappa shape index (κ1) is 9.99. The van der Waals surface area contributed by atoms with Gasteiger partial charge in [-0.05, 0) is 26.2 Å². The molecule has 0 saturated heterocycles. The Bertz CT molecular complexity index is 233. The van der Waals surface area contributed by atoms with E-state index in [0.29, 0.717) is 0 Å². The first-order valence-electron chi connectivity index (χ1n) is 4.46. The van der Waals surface area contributed by atoms with Gasteiger partial charge in [-0.2, -0.15) is 0 Å². The second-order valence-electron chi connectivity index (χ2n) is 3.43. The second kappa shape index (κ2) is 4.82. The summed E-state index contributed by atoms with van der Waals surface area (Å²) in [5.41, 5.74) is 1.22. The minimum Gasteiger partial charge on any atom is -0.373 e. The van der Waals surface area contributed by atoms with Crippen LogP contribution in [-0.4, -0.2) is 44.1 Å². The van der Waals surface area contributed by atoms with Crippen LogP contribution < -0.4 is 4.90 Å². The second-order valence-corrected chi connectivity index (χ2v) is 3.43. The maximum absolute atomic E-state index is 3.99. The van der Waals surface area contributed by atoms with Crippen LogP contribution in [0.1, 0.15) is 0 Å². The molecule has 1 aromatic heterocycles. The van der Waals surface area contributed by atoms with Gasteiger partial charge in [-0.15, -0.1) is 0 Å². The van der Waals surface area contributed by atoms with Gasteiger partial charge in [0.25, 0.3) is 0 Å². The highest BCUT2D eigenvalue weighted by atomic mass is 15.2. The Morgan fingerprint density at radius 2 is 1.69 bits per heavy atom. The van der Waals surface area contributed by atoms with Crippen molar-refractivity contribution in [1.82, 2.24) is 9.88 Å². The molecular weight excluding hydrogens is 162 g/mol. The summed E-state index contributed by atoms with van der Waals surface area (Å²) in [6.07, 6.45) is 3.64. The smallest absolute Gasteiger partial charge is 0.0394 e. The van der Waals surface area contributed by atoms with Crippen LogP contribution in [0.25, 0.3) is 0 Å². The van der Waals surface area contributed by atoms with E-state index >= 15 is 0 Å². The number of anilines is 1. The number of aromatic nitrogens is 1. The largest absolute Gasteiger partial charge is 0.373 e. The molecule has 1 aromatic rings. The lowest BCUT2D eigenvalue weighted by molar-refractivity contribution is 0.416. The van der Waals surface area contributed by atoms with Crippen molar-refractivity contribution < 1.29 is 0 Å². The van der Waals surface area contributed by atoms with E-state index in [0.717, 1.165) is 13.1 Å². The zero-order valence-electron chi connectivity index (χ0n) is 8.57. The summed E-state index contributed by atoms with van der Waals surface area (Å²) in [4.78, 5) is 8.39. The molecule has 0 atom stereocenters. The minimum atomic E-state index is 1.04. The Balaban J connectivity index is 2.44. The summed E-state index contributed by atoms with van der Waals surface area (Å²) in [6.45, 7) is 2.11. The molecule has 1 heterocycles. The van der Waals surface area contributed by atoms with Gasteiger partial charge in [-0.3, -0.25) is 4.98 Å². The van der Waals surface area contributed by atoms with Crippen LogP contribution in [0.3, 0.4) is 0 Å². The summed E-state index contributed by atoms with van der Waals surface area (Å²) < 4.78 is 0. The zero-order valence-corrected chi connectivity index (χ0v) is 8.57. The zero-order chi connectivity index (χ0) is 9.68. The maximum Gasteiger partial charge on any atom is 0.0394 e. The highest BCUT2D eigenvalue weighted by Gasteiger charge is 1.99. The Morgan fingerprint density at radius 3 is 2.23 bits per heavy atom. The minimum absolute atomic E-state index is 1.04. The predicted molar refractivity (Wildman–Crippen MR) is 56.1 cm³/mol. The van der Waals surface area contributed by atoms with Crippen molar-refractivity contribution in [3.63, 3.8) is 0 Å². The van der Waals surface area contributed by atoms with Crippen LogP contribution in [0.4, 0.5) is 5.69 Å². The lowest BCUT2D eigenvalue weighted by atomic mass is 10.3. The SMILES string of the molecule is CN(C)CCN(C)c1ccncc1. The van der Waals surface area contributed by atoms with Gasteiger partial charge in [-0.1, -0.05) is 0 Å². The van der Waals surface area contributed by atoms with Gasteiger partial charge >= 0.3 is 0 Å². The quantitative estimate of drug-likeness (QED) is 0.689. The molecule has 0 saturated carbocycles. The van der Waals surface area contributed by atoms with Gasteiger partial charge in [0.2, 0.25) is 0 Å². The molecule has 0 bridgehead atoms. The van der Waals surface area contributed by atoms with E-state index in [2.05, 4.69) is 35.9 Å². The molecule has 0 unspecified atom stereocenters. The molecule has 72 valence electrons. The third kappa shape index (κ3) is 3.42. The summed E-state index contributed by atoms with van der Waals surface area (Å²) >= 11 is 0. The van der Waals surface area contributed by atoms with Crippen LogP contribution in [0.2, 0.25) is 0 Å². The van der Waals surface area contributed by atoms with E-state index < -0.39 is 0 Å². The van der Waals surface area contributed by atoms with Crippen LogP contribution in [0.15, 0.2) is 24.5 Å². The Kier molecular flexibility index (Phi) is 3.71. The van der Waals surface area contributed by atoms with Crippen molar-refractivity contribution in [2.45, 2.75) is 0 Å². The fourth-order valence-corrected chi connectivity index (χ4v) is 1.08. The molecule has 0 radical (unpaired) electrons. The van der Waals surface area contributed by atoms with Crippen LogP contribution in [0, 0.1) is 0 Å². The van der Waals surface area contributed by atoms with Crippen LogP contribution in [-0.2, 0) is 0 Å². The molecule has 3 nitrogen and oxygen atoms in total. The predicted octanol–water partition coefficient (Wildman–Crippen LogP) is 1.08. The number of hydrogen-bond acceptors (Lipinski definition) is 3. The monoisotopic (exact) mass is 179 g/mol. The summed E-state index contributed by atoms with van der Waals surface area (Å²) in [7, 11) is 6.26. The van der Waals surface area contributed by atoms with Crippen molar-refractivity contribution in [3.8, 4) is 0 Å². The molecular formula is C10H17N3. The van der Waals surface area contributed by atoms with E-state index in [1.807, 2.05) is 24.5 Å². The Labute approximate surface area is 80.0 Å². The van der Waals surface area contributed by atoms with Gasteiger partial charge in [0.15, 0.2) is 0 Å². The average molecular weight is 179 g/mol. The molecule has 3 heteroatoms. The van der Waals surface area contributed by atoms with Gasteiger partial charge < -0.3 is 9.80 Å². The lowest BCUT2D eigenvalue weighted by Gasteiger charge is -2.21. The summed E-state index contributed by atoms with van der Waals surface area (Å²) in [5, 5.41) is 0. The maximum atomic E-state index is 3.99. The highest BCUT2D eigenvalue weighted by molar-refractivity contribution is 5.43. The van der Waals surface area contributed by atoms with Crippen molar-refractivity contribution in [2.24, 2.45) is 0 Å². The molecule has 0 N–H and O–H groups in total. The fourth-order valence-electron chi connectivity index (χ4n) is 1.08. The molecule has 0 aromatic carbocycles. The van der Waals surface area contributed by atoms with Crippen LogP contribution in [0.5, 0.6) is 0 Å². The average Bonchev–Trinajstić information content (AvgIpc) is 2.15. The van der Waals surface area contributed by atoms with Gasteiger partial charge in [0.1, 0.15) is 0 Å². The van der Waals surface area contributed by atoms with E-state index in [-0.39, 0.29) is 0 Å². The van der Waals surface area contributed by atoms with Gasteiger partial charge in [-0.25, -0.2) is 0 Å². The molecule has 13 heavy (non-hydrogen) atoms. The van der Waals surface area contributed by atoms with Crippen molar-refractivity contribution >= 4 is 5.69 Å². The molecule has 0 aliphatic carbocycles. The highest BCUT2D eigenvalue weighted by Crippen LogP contribution is 2.08. The van der Waals surface area contributed by atoms with Gasteiger partial charge in [0, 0.05) is 38.2 Å². The van der Waals surface area contributed by atoms with E-state index in [9.17, 15) is 0 Å². The number of rotatable bonds is 4. The Hall–Kier alpha value is -1.09. The molecule has 0 aliphatic heterocycles. The molecule has 0 spiro atoms. The van der Waals surface area contributed by atoms with Crippen molar-refractivity contribution in [2.75, 3.05) is 39.1 Å². The summed E-state index contributed by atoms with van der Waals surface area (Å²) in [5.74, 6) is 0. The van der Waals surface area contributed by atoms with Crippen molar-refractivity contribution in [3.05, 3.63) is 24.5 Å². The standard InChI is InChI=1S/C10H17N3/c1-12(2)8-9-13(3)10-4-6-11-7-5-10/h4-7H,8-9H2,1-3H3. The number of hydrogen-bond donors (Lipinski definition) is 0.